The average Bonchev–Trinajstić information content (AvgIpc) is 3.47. The second kappa shape index (κ2) is 8.32. The molecule has 0 unspecified atom stereocenters. The summed E-state index contributed by atoms with van der Waals surface area (Å²) in [6.07, 6.45) is 5.63. The Bertz CT molecular complexity index is 963. The molecule has 2 fully saturated rings. The van der Waals surface area contributed by atoms with Gasteiger partial charge in [-0.2, -0.15) is 0 Å². The molecule has 154 valence electrons. The molecule has 8 heteroatoms. The average molecular weight is 398 g/mol. The number of nitrogens with one attached hydrogen (secondary N) is 1. The monoisotopic (exact) mass is 398 g/mol. The number of carboxylic acids is 1. The van der Waals surface area contributed by atoms with Crippen LogP contribution in [0.1, 0.15) is 32.1 Å². The second-order valence-corrected chi connectivity index (χ2v) is 8.17. The zero-order valence-electron chi connectivity index (χ0n) is 16.3. The topological polar surface area (TPSA) is 105 Å². The SMILES string of the molecule is O=C(O)CN(CC1CC1)C1CC(NC(=O)CCn2cnc3ccccc3c2=O)C1. The van der Waals surface area contributed by atoms with Gasteiger partial charge in [0.15, 0.2) is 0 Å². The molecule has 2 aliphatic carbocycles. The summed E-state index contributed by atoms with van der Waals surface area (Å²) in [7, 11) is 0. The third-order valence-electron chi connectivity index (χ3n) is 5.83. The van der Waals surface area contributed by atoms with Crippen molar-refractivity contribution in [1.82, 2.24) is 19.8 Å². The second-order valence-electron chi connectivity index (χ2n) is 8.17. The summed E-state index contributed by atoms with van der Waals surface area (Å²) < 4.78 is 1.47. The minimum Gasteiger partial charge on any atom is -0.480 e. The number of aryl methyl sites for hydroxylation is 1. The van der Waals surface area contributed by atoms with Gasteiger partial charge < -0.3 is 10.4 Å². The highest BCUT2D eigenvalue weighted by molar-refractivity contribution is 5.77. The highest BCUT2D eigenvalue weighted by Gasteiger charge is 2.37. The summed E-state index contributed by atoms with van der Waals surface area (Å²) in [5.41, 5.74) is 0.507. The molecule has 4 rings (SSSR count). The Morgan fingerprint density at radius 1 is 1.24 bits per heavy atom. The van der Waals surface area contributed by atoms with Crippen molar-refractivity contribution in [3.05, 3.63) is 40.9 Å². The van der Waals surface area contributed by atoms with Gasteiger partial charge >= 0.3 is 5.97 Å². The van der Waals surface area contributed by atoms with Crippen molar-refractivity contribution in [2.24, 2.45) is 5.92 Å². The molecule has 2 saturated carbocycles. The summed E-state index contributed by atoms with van der Waals surface area (Å²) in [6, 6.07) is 7.46. The molecule has 0 radical (unpaired) electrons. The maximum Gasteiger partial charge on any atom is 0.317 e. The fourth-order valence-electron chi connectivity index (χ4n) is 3.94. The molecule has 29 heavy (non-hydrogen) atoms. The van der Waals surface area contributed by atoms with Crippen LogP contribution in [0.4, 0.5) is 0 Å². The largest absolute Gasteiger partial charge is 0.480 e. The zero-order valence-corrected chi connectivity index (χ0v) is 16.3. The van der Waals surface area contributed by atoms with Crippen molar-refractivity contribution < 1.29 is 14.7 Å². The Kier molecular flexibility index (Phi) is 5.62. The molecule has 0 bridgehead atoms. The molecule has 0 atom stereocenters. The van der Waals surface area contributed by atoms with E-state index in [0.29, 0.717) is 16.8 Å². The van der Waals surface area contributed by atoms with Gasteiger partial charge in [-0.15, -0.1) is 0 Å². The van der Waals surface area contributed by atoms with Crippen molar-refractivity contribution in [2.45, 2.75) is 50.7 Å². The summed E-state index contributed by atoms with van der Waals surface area (Å²) in [5.74, 6) is -0.259. The van der Waals surface area contributed by atoms with Gasteiger partial charge in [0.2, 0.25) is 5.91 Å². The molecule has 1 heterocycles. The fourth-order valence-corrected chi connectivity index (χ4v) is 3.94. The molecular formula is C21H26N4O4. The Hall–Kier alpha value is -2.74. The molecule has 1 amide bonds. The summed E-state index contributed by atoms with van der Waals surface area (Å²) in [5, 5.41) is 12.7. The third kappa shape index (κ3) is 4.82. The van der Waals surface area contributed by atoms with Crippen molar-refractivity contribution in [3.63, 3.8) is 0 Å². The normalized spacial score (nSPS) is 21.1. The number of para-hydroxylation sites is 1. The number of benzene rings is 1. The van der Waals surface area contributed by atoms with Gasteiger partial charge in [0, 0.05) is 31.6 Å². The van der Waals surface area contributed by atoms with Gasteiger partial charge in [-0.1, -0.05) is 12.1 Å². The molecule has 2 aliphatic rings. The van der Waals surface area contributed by atoms with Crippen LogP contribution in [0.3, 0.4) is 0 Å². The molecule has 1 aromatic carbocycles. The number of hydrogen-bond acceptors (Lipinski definition) is 5. The fraction of sp³-hybridized carbons (Fsp3) is 0.524. The zero-order chi connectivity index (χ0) is 20.4. The van der Waals surface area contributed by atoms with Gasteiger partial charge in [0.25, 0.3) is 5.56 Å². The number of rotatable bonds is 9. The molecule has 0 spiro atoms. The van der Waals surface area contributed by atoms with E-state index in [0.717, 1.165) is 19.4 Å². The molecular weight excluding hydrogens is 372 g/mol. The van der Waals surface area contributed by atoms with Crippen LogP contribution in [0.5, 0.6) is 0 Å². The molecule has 2 aromatic rings. The lowest BCUT2D eigenvalue weighted by molar-refractivity contribution is -0.140. The van der Waals surface area contributed by atoms with E-state index in [1.54, 1.807) is 18.2 Å². The van der Waals surface area contributed by atoms with Crippen LogP contribution >= 0.6 is 0 Å². The van der Waals surface area contributed by atoms with E-state index in [-0.39, 0.29) is 43.1 Å². The van der Waals surface area contributed by atoms with E-state index in [1.807, 2.05) is 11.0 Å². The number of fused-ring (bicyclic) bond motifs is 1. The summed E-state index contributed by atoms with van der Waals surface area (Å²) in [6.45, 7) is 1.20. The third-order valence-corrected chi connectivity index (χ3v) is 5.83. The smallest absolute Gasteiger partial charge is 0.317 e. The first kappa shape index (κ1) is 19.6. The number of carbonyl (C=O) groups excluding carboxylic acids is 1. The quantitative estimate of drug-likeness (QED) is 0.658. The first-order chi connectivity index (χ1) is 14.0. The van der Waals surface area contributed by atoms with Gasteiger partial charge in [0.05, 0.1) is 23.8 Å². The number of aliphatic carboxylic acids is 1. The van der Waals surface area contributed by atoms with Crippen molar-refractivity contribution in [1.29, 1.82) is 0 Å². The van der Waals surface area contributed by atoms with E-state index in [1.165, 1.54) is 23.7 Å². The maximum absolute atomic E-state index is 12.5. The van der Waals surface area contributed by atoms with Crippen molar-refractivity contribution >= 4 is 22.8 Å². The highest BCUT2D eigenvalue weighted by atomic mass is 16.4. The number of carboxylic acid groups (broad SMARTS) is 1. The van der Waals surface area contributed by atoms with Crippen LogP contribution < -0.4 is 10.9 Å². The standard InChI is InChI=1S/C21H26N4O4/c26-19(7-8-24-13-22-18-4-2-1-3-17(18)21(24)29)23-15-9-16(10-15)25(12-20(27)28)11-14-5-6-14/h1-4,13-16H,5-12H2,(H,23,26)(H,27,28). The molecule has 0 aliphatic heterocycles. The molecule has 2 N–H and O–H groups in total. The number of hydrogen-bond donors (Lipinski definition) is 2. The first-order valence-corrected chi connectivity index (χ1v) is 10.2. The van der Waals surface area contributed by atoms with Crippen LogP contribution in [0.25, 0.3) is 10.9 Å². The van der Waals surface area contributed by atoms with Gasteiger partial charge in [-0.05, 0) is 43.7 Å². The van der Waals surface area contributed by atoms with Crippen molar-refractivity contribution in [2.75, 3.05) is 13.1 Å². The summed E-state index contributed by atoms with van der Waals surface area (Å²) >= 11 is 0. The lowest BCUT2D eigenvalue weighted by Gasteiger charge is -2.42. The van der Waals surface area contributed by atoms with Crippen LogP contribution in [-0.2, 0) is 16.1 Å². The van der Waals surface area contributed by atoms with E-state index >= 15 is 0 Å². The Morgan fingerprint density at radius 2 is 2.00 bits per heavy atom. The Morgan fingerprint density at radius 3 is 2.72 bits per heavy atom. The number of carbonyl (C=O) groups is 2. The lowest BCUT2D eigenvalue weighted by atomic mass is 9.85. The van der Waals surface area contributed by atoms with Crippen LogP contribution in [0.2, 0.25) is 0 Å². The van der Waals surface area contributed by atoms with Crippen molar-refractivity contribution in [3.8, 4) is 0 Å². The van der Waals surface area contributed by atoms with Crippen LogP contribution in [-0.4, -0.2) is 56.6 Å². The van der Waals surface area contributed by atoms with Crippen LogP contribution in [0, 0.1) is 5.92 Å². The minimum atomic E-state index is -0.799. The van der Waals surface area contributed by atoms with Gasteiger partial charge in [-0.3, -0.25) is 23.9 Å². The Labute approximate surface area is 168 Å². The van der Waals surface area contributed by atoms with Gasteiger partial charge in [0.1, 0.15) is 0 Å². The van der Waals surface area contributed by atoms with Crippen LogP contribution in [0.15, 0.2) is 35.4 Å². The van der Waals surface area contributed by atoms with E-state index < -0.39 is 5.97 Å². The number of aromatic nitrogens is 2. The van der Waals surface area contributed by atoms with Gasteiger partial charge in [-0.25, -0.2) is 4.98 Å². The predicted molar refractivity (Wildman–Crippen MR) is 108 cm³/mol. The highest BCUT2D eigenvalue weighted by Crippen LogP contribution is 2.33. The molecule has 0 saturated heterocycles. The predicted octanol–water partition coefficient (Wildman–Crippen LogP) is 1.23. The molecule has 1 aromatic heterocycles. The van der Waals surface area contributed by atoms with E-state index in [9.17, 15) is 14.4 Å². The Balaban J connectivity index is 1.25. The lowest BCUT2D eigenvalue weighted by Crippen LogP contribution is -2.55. The van der Waals surface area contributed by atoms with E-state index in [4.69, 9.17) is 5.11 Å². The maximum atomic E-state index is 12.5. The molecule has 8 nitrogen and oxygen atoms in total. The number of amides is 1. The first-order valence-electron chi connectivity index (χ1n) is 10.2. The van der Waals surface area contributed by atoms with E-state index in [2.05, 4.69) is 10.3 Å². The number of nitrogens with zero attached hydrogens (tertiary/aromatic N) is 3. The minimum absolute atomic E-state index is 0.0692. The summed E-state index contributed by atoms with van der Waals surface area (Å²) in [4.78, 5) is 42.2.